The maximum atomic E-state index is 11.7. The molecule has 1 atom stereocenters. The van der Waals surface area contributed by atoms with Gasteiger partial charge in [-0.2, -0.15) is 0 Å². The van der Waals surface area contributed by atoms with Gasteiger partial charge in [0.1, 0.15) is 0 Å². The Hall–Kier alpha value is -2.31. The van der Waals surface area contributed by atoms with E-state index >= 15 is 0 Å². The standard InChI is InChI=1S/C11H12N2O5/c14-9-4-1-6(5-12-9)13-10(15)7-2-3-8(18-7)11(16)17/h2-3,6H,1,4-5H2,(H,12,14)(H,13,15)(H,16,17). The molecule has 1 saturated heterocycles. The molecular weight excluding hydrogens is 240 g/mol. The molecule has 1 unspecified atom stereocenters. The van der Waals surface area contributed by atoms with E-state index in [-0.39, 0.29) is 23.5 Å². The fourth-order valence-corrected chi connectivity index (χ4v) is 1.69. The fourth-order valence-electron chi connectivity index (χ4n) is 1.69. The maximum Gasteiger partial charge on any atom is 0.371 e. The largest absolute Gasteiger partial charge is 0.475 e. The van der Waals surface area contributed by atoms with Crippen molar-refractivity contribution in [2.24, 2.45) is 0 Å². The number of furan rings is 1. The molecule has 0 saturated carbocycles. The first-order valence-corrected chi connectivity index (χ1v) is 5.47. The van der Waals surface area contributed by atoms with Crippen LogP contribution in [0, 0.1) is 0 Å². The predicted molar refractivity (Wildman–Crippen MR) is 59.2 cm³/mol. The number of carbonyl (C=O) groups is 3. The summed E-state index contributed by atoms with van der Waals surface area (Å²) < 4.78 is 4.87. The van der Waals surface area contributed by atoms with Crippen molar-refractivity contribution in [2.45, 2.75) is 18.9 Å². The molecule has 96 valence electrons. The van der Waals surface area contributed by atoms with Crippen molar-refractivity contribution >= 4 is 17.8 Å². The van der Waals surface area contributed by atoms with Crippen LogP contribution in [0.2, 0.25) is 0 Å². The molecule has 2 amide bonds. The molecular formula is C11H12N2O5. The Bertz CT molecular complexity index is 483. The van der Waals surface area contributed by atoms with Gasteiger partial charge in [-0.1, -0.05) is 0 Å². The third-order valence-electron chi connectivity index (χ3n) is 2.64. The van der Waals surface area contributed by atoms with E-state index in [4.69, 9.17) is 9.52 Å². The van der Waals surface area contributed by atoms with Gasteiger partial charge in [-0.25, -0.2) is 4.79 Å². The van der Waals surface area contributed by atoms with Gasteiger partial charge in [-0.3, -0.25) is 9.59 Å². The Balaban J connectivity index is 1.94. The summed E-state index contributed by atoms with van der Waals surface area (Å²) in [4.78, 5) is 33.2. The summed E-state index contributed by atoms with van der Waals surface area (Å²) in [7, 11) is 0. The zero-order valence-electron chi connectivity index (χ0n) is 9.43. The van der Waals surface area contributed by atoms with Gasteiger partial charge in [0.15, 0.2) is 5.76 Å². The van der Waals surface area contributed by atoms with Crippen LogP contribution in [-0.4, -0.2) is 35.5 Å². The predicted octanol–water partition coefficient (Wildman–Crippen LogP) is -0.0138. The van der Waals surface area contributed by atoms with Gasteiger partial charge < -0.3 is 20.2 Å². The van der Waals surface area contributed by atoms with E-state index in [2.05, 4.69) is 10.6 Å². The number of hydrogen-bond acceptors (Lipinski definition) is 4. The Kier molecular flexibility index (Phi) is 3.31. The first kappa shape index (κ1) is 12.2. The third kappa shape index (κ3) is 2.68. The second-order valence-electron chi connectivity index (χ2n) is 3.98. The Morgan fingerprint density at radius 1 is 1.39 bits per heavy atom. The van der Waals surface area contributed by atoms with Gasteiger partial charge in [0.2, 0.25) is 11.7 Å². The molecule has 1 aliphatic rings. The van der Waals surface area contributed by atoms with Gasteiger partial charge in [-0.05, 0) is 18.6 Å². The zero-order valence-corrected chi connectivity index (χ0v) is 9.43. The van der Waals surface area contributed by atoms with Gasteiger partial charge in [0.25, 0.3) is 5.91 Å². The van der Waals surface area contributed by atoms with Crippen molar-refractivity contribution in [3.8, 4) is 0 Å². The highest BCUT2D eigenvalue weighted by molar-refractivity contribution is 5.93. The number of amides is 2. The van der Waals surface area contributed by atoms with E-state index in [0.717, 1.165) is 0 Å². The highest BCUT2D eigenvalue weighted by atomic mass is 16.4. The van der Waals surface area contributed by atoms with Crippen LogP contribution in [0.3, 0.4) is 0 Å². The number of rotatable bonds is 3. The lowest BCUT2D eigenvalue weighted by Crippen LogP contribution is -2.47. The molecule has 0 spiro atoms. The van der Waals surface area contributed by atoms with Crippen LogP contribution < -0.4 is 10.6 Å². The number of carbonyl (C=O) groups excluding carboxylic acids is 2. The smallest absolute Gasteiger partial charge is 0.371 e. The summed E-state index contributed by atoms with van der Waals surface area (Å²) in [5.74, 6) is -2.07. The molecule has 3 N–H and O–H groups in total. The number of carboxylic acids is 1. The molecule has 7 nitrogen and oxygen atoms in total. The molecule has 0 radical (unpaired) electrons. The molecule has 2 heterocycles. The van der Waals surface area contributed by atoms with Crippen LogP contribution in [0.5, 0.6) is 0 Å². The molecule has 1 aromatic rings. The van der Waals surface area contributed by atoms with E-state index < -0.39 is 11.9 Å². The van der Waals surface area contributed by atoms with Crippen LogP contribution in [-0.2, 0) is 4.79 Å². The topological polar surface area (TPSA) is 109 Å². The molecule has 0 aliphatic carbocycles. The zero-order chi connectivity index (χ0) is 13.1. The van der Waals surface area contributed by atoms with Crippen LogP contribution in [0.15, 0.2) is 16.5 Å². The van der Waals surface area contributed by atoms with Crippen LogP contribution >= 0.6 is 0 Å². The first-order valence-electron chi connectivity index (χ1n) is 5.47. The average molecular weight is 252 g/mol. The number of aromatic carboxylic acids is 1. The molecule has 1 fully saturated rings. The molecule has 18 heavy (non-hydrogen) atoms. The monoisotopic (exact) mass is 252 g/mol. The molecule has 1 aliphatic heterocycles. The molecule has 0 bridgehead atoms. The fraction of sp³-hybridized carbons (Fsp3) is 0.364. The Morgan fingerprint density at radius 3 is 2.67 bits per heavy atom. The molecule has 1 aromatic heterocycles. The van der Waals surface area contributed by atoms with E-state index in [1.807, 2.05) is 0 Å². The number of hydrogen-bond donors (Lipinski definition) is 3. The molecule has 0 aromatic carbocycles. The van der Waals surface area contributed by atoms with Gasteiger partial charge in [-0.15, -0.1) is 0 Å². The summed E-state index contributed by atoms with van der Waals surface area (Å²) >= 11 is 0. The average Bonchev–Trinajstić information content (AvgIpc) is 2.81. The van der Waals surface area contributed by atoms with Crippen molar-refractivity contribution in [1.82, 2.24) is 10.6 Å². The van der Waals surface area contributed by atoms with Crippen molar-refractivity contribution in [1.29, 1.82) is 0 Å². The van der Waals surface area contributed by atoms with Crippen LogP contribution in [0.1, 0.15) is 34.0 Å². The van der Waals surface area contributed by atoms with E-state index in [9.17, 15) is 14.4 Å². The van der Waals surface area contributed by atoms with Crippen molar-refractivity contribution in [2.75, 3.05) is 6.54 Å². The third-order valence-corrected chi connectivity index (χ3v) is 2.64. The number of piperidine rings is 1. The summed E-state index contributed by atoms with van der Waals surface area (Å²) in [5.41, 5.74) is 0. The lowest BCUT2D eigenvalue weighted by Gasteiger charge is -2.22. The quantitative estimate of drug-likeness (QED) is 0.700. The molecule has 7 heteroatoms. The minimum Gasteiger partial charge on any atom is -0.475 e. The summed E-state index contributed by atoms with van der Waals surface area (Å²) in [6, 6.07) is 2.37. The molecule has 2 rings (SSSR count). The van der Waals surface area contributed by atoms with E-state index in [1.54, 1.807) is 0 Å². The Morgan fingerprint density at radius 2 is 2.11 bits per heavy atom. The summed E-state index contributed by atoms with van der Waals surface area (Å²) in [6.45, 7) is 0.372. The van der Waals surface area contributed by atoms with Crippen molar-refractivity contribution < 1.29 is 23.9 Å². The van der Waals surface area contributed by atoms with Gasteiger partial charge in [0, 0.05) is 19.0 Å². The van der Waals surface area contributed by atoms with Gasteiger partial charge >= 0.3 is 5.97 Å². The minimum atomic E-state index is -1.22. The van der Waals surface area contributed by atoms with Crippen LogP contribution in [0.4, 0.5) is 0 Å². The van der Waals surface area contributed by atoms with Gasteiger partial charge in [0.05, 0.1) is 0 Å². The normalized spacial score (nSPS) is 19.1. The van der Waals surface area contributed by atoms with E-state index in [1.165, 1.54) is 12.1 Å². The highest BCUT2D eigenvalue weighted by Gasteiger charge is 2.22. The SMILES string of the molecule is O=C1CCC(NC(=O)c2ccc(C(=O)O)o2)CN1. The summed E-state index contributed by atoms with van der Waals surface area (Å²) in [6.07, 6.45) is 0.924. The second kappa shape index (κ2) is 4.91. The summed E-state index contributed by atoms with van der Waals surface area (Å²) in [5, 5.41) is 14.0. The van der Waals surface area contributed by atoms with Crippen molar-refractivity contribution in [3.05, 3.63) is 23.7 Å². The highest BCUT2D eigenvalue weighted by Crippen LogP contribution is 2.09. The number of nitrogens with one attached hydrogen (secondary N) is 2. The van der Waals surface area contributed by atoms with E-state index in [0.29, 0.717) is 19.4 Å². The lowest BCUT2D eigenvalue weighted by atomic mass is 10.1. The first-order chi connectivity index (χ1) is 8.56. The Labute approximate surface area is 102 Å². The minimum absolute atomic E-state index is 0.0355. The lowest BCUT2D eigenvalue weighted by molar-refractivity contribution is -0.122. The number of carboxylic acid groups (broad SMARTS) is 1. The second-order valence-corrected chi connectivity index (χ2v) is 3.98. The van der Waals surface area contributed by atoms with Crippen molar-refractivity contribution in [3.63, 3.8) is 0 Å². The maximum absolute atomic E-state index is 11.7. The van der Waals surface area contributed by atoms with Crippen LogP contribution in [0.25, 0.3) is 0 Å².